The zero-order chi connectivity index (χ0) is 18.5. The largest absolute Gasteiger partial charge is 0.508 e. The molecule has 1 heterocycles. The van der Waals surface area contributed by atoms with Gasteiger partial charge in [0.2, 0.25) is 9.84 Å². The van der Waals surface area contributed by atoms with E-state index in [1.54, 1.807) is 24.3 Å². The number of benzene rings is 3. The first-order chi connectivity index (χ1) is 12.4. The van der Waals surface area contributed by atoms with Crippen molar-refractivity contribution < 1.29 is 17.9 Å². The Hall–Kier alpha value is -3.32. The Morgan fingerprint density at radius 1 is 0.885 bits per heavy atom. The van der Waals surface area contributed by atoms with Crippen LogP contribution in [0.1, 0.15) is 0 Å². The fourth-order valence-corrected chi connectivity index (χ4v) is 4.41. The molecule has 6 nitrogen and oxygen atoms in total. The molecule has 0 fully saturated rings. The van der Waals surface area contributed by atoms with Crippen LogP contribution in [0.15, 0.2) is 79.7 Å². The summed E-state index contributed by atoms with van der Waals surface area (Å²) in [5.74, 6) is -0.0826. The van der Waals surface area contributed by atoms with Crippen LogP contribution in [-0.4, -0.2) is 13.5 Å². The second kappa shape index (κ2) is 5.60. The van der Waals surface area contributed by atoms with E-state index in [4.69, 9.17) is 10.2 Å². The highest BCUT2D eigenvalue weighted by molar-refractivity contribution is 7.91. The summed E-state index contributed by atoms with van der Waals surface area (Å²) in [5.41, 5.74) is 5.48. The second-order valence-electron chi connectivity index (χ2n) is 5.82. The average molecular weight is 367 g/mol. The van der Waals surface area contributed by atoms with Crippen molar-refractivity contribution in [3.8, 4) is 5.75 Å². The van der Waals surface area contributed by atoms with E-state index in [0.29, 0.717) is 21.8 Å². The Labute approximate surface area is 148 Å². The first-order valence-electron chi connectivity index (χ1n) is 7.67. The van der Waals surface area contributed by atoms with Crippen LogP contribution in [0.4, 0.5) is 5.69 Å². The minimum absolute atomic E-state index is 0.0206. The summed E-state index contributed by atoms with van der Waals surface area (Å²) >= 11 is 0. The monoisotopic (exact) mass is 367 g/mol. The molecule has 0 unspecified atom stereocenters. The second-order valence-corrected chi connectivity index (χ2v) is 7.71. The predicted octanol–water partition coefficient (Wildman–Crippen LogP) is 3.07. The van der Waals surface area contributed by atoms with Crippen LogP contribution in [0.25, 0.3) is 21.7 Å². The summed E-state index contributed by atoms with van der Waals surface area (Å²) < 4.78 is 31.4. The molecule has 0 atom stereocenters. The van der Waals surface area contributed by atoms with Gasteiger partial charge in [0.25, 0.3) is 0 Å². The molecular formula is C19H13NO5S. The number of sulfone groups is 1. The van der Waals surface area contributed by atoms with Crippen molar-refractivity contribution in [1.82, 2.24) is 0 Å². The maximum absolute atomic E-state index is 13.1. The number of rotatable bonds is 2. The summed E-state index contributed by atoms with van der Waals surface area (Å²) in [4.78, 5) is 11.8. The SMILES string of the molecule is Nc1ccc(S(=O)(=O)c2cc3ccc(O)cc3oc2=O)c2ccccc12. The molecule has 0 aliphatic rings. The van der Waals surface area contributed by atoms with Crippen molar-refractivity contribution in [1.29, 1.82) is 0 Å². The van der Waals surface area contributed by atoms with Crippen molar-refractivity contribution >= 4 is 37.3 Å². The lowest BCUT2D eigenvalue weighted by molar-refractivity contribution is 0.472. The number of nitrogen functional groups attached to an aromatic ring is 1. The third-order valence-corrected chi connectivity index (χ3v) is 5.98. The van der Waals surface area contributed by atoms with E-state index in [-0.39, 0.29) is 16.2 Å². The molecule has 3 aromatic carbocycles. The smallest absolute Gasteiger partial charge is 0.355 e. The molecule has 0 amide bonds. The topological polar surface area (TPSA) is 111 Å². The van der Waals surface area contributed by atoms with Gasteiger partial charge in [-0.25, -0.2) is 13.2 Å². The summed E-state index contributed by atoms with van der Waals surface area (Å²) in [6, 6.07) is 15.1. The van der Waals surface area contributed by atoms with Crippen molar-refractivity contribution in [3.05, 3.63) is 71.1 Å². The van der Waals surface area contributed by atoms with E-state index in [1.807, 2.05) is 0 Å². The maximum atomic E-state index is 13.1. The van der Waals surface area contributed by atoms with Crippen molar-refractivity contribution in [2.45, 2.75) is 9.79 Å². The highest BCUT2D eigenvalue weighted by Crippen LogP contribution is 2.31. The van der Waals surface area contributed by atoms with E-state index < -0.39 is 20.4 Å². The molecule has 0 saturated heterocycles. The Bertz CT molecular complexity index is 1340. The van der Waals surface area contributed by atoms with Crippen molar-refractivity contribution in [3.63, 3.8) is 0 Å². The average Bonchev–Trinajstić information content (AvgIpc) is 2.61. The minimum Gasteiger partial charge on any atom is -0.508 e. The van der Waals surface area contributed by atoms with E-state index in [2.05, 4.69) is 0 Å². The minimum atomic E-state index is -4.14. The number of aromatic hydroxyl groups is 1. The van der Waals surface area contributed by atoms with Gasteiger partial charge in [-0.2, -0.15) is 0 Å². The van der Waals surface area contributed by atoms with E-state index >= 15 is 0 Å². The molecule has 130 valence electrons. The molecule has 1 aromatic heterocycles. The molecule has 0 bridgehead atoms. The number of anilines is 1. The van der Waals surface area contributed by atoms with Crippen molar-refractivity contribution in [2.24, 2.45) is 0 Å². The van der Waals surface area contributed by atoms with Crippen LogP contribution in [0, 0.1) is 0 Å². The van der Waals surface area contributed by atoms with Gasteiger partial charge in [0.05, 0.1) is 4.90 Å². The Kier molecular flexibility index (Phi) is 3.48. The normalized spacial score (nSPS) is 11.8. The van der Waals surface area contributed by atoms with Gasteiger partial charge in [0, 0.05) is 27.9 Å². The maximum Gasteiger partial charge on any atom is 0.355 e. The molecule has 0 radical (unpaired) electrons. The molecule has 4 rings (SSSR count). The lowest BCUT2D eigenvalue weighted by Gasteiger charge is -2.10. The van der Waals surface area contributed by atoms with Crippen LogP contribution in [0.2, 0.25) is 0 Å². The van der Waals surface area contributed by atoms with Gasteiger partial charge < -0.3 is 15.3 Å². The summed E-state index contributed by atoms with van der Waals surface area (Å²) in [6.07, 6.45) is 0. The van der Waals surface area contributed by atoms with Gasteiger partial charge in [0.15, 0.2) is 4.90 Å². The number of hydrogen-bond donors (Lipinski definition) is 2. The molecule has 7 heteroatoms. The van der Waals surface area contributed by atoms with Crippen molar-refractivity contribution in [2.75, 3.05) is 5.73 Å². The first kappa shape index (κ1) is 16.2. The lowest BCUT2D eigenvalue weighted by atomic mass is 10.1. The zero-order valence-electron chi connectivity index (χ0n) is 13.3. The van der Waals surface area contributed by atoms with Gasteiger partial charge in [0.1, 0.15) is 11.3 Å². The molecule has 0 aliphatic carbocycles. The number of fused-ring (bicyclic) bond motifs is 2. The molecule has 0 saturated carbocycles. The Morgan fingerprint density at radius 3 is 2.38 bits per heavy atom. The van der Waals surface area contributed by atoms with Gasteiger partial charge in [-0.05, 0) is 30.3 Å². The van der Waals surface area contributed by atoms with Crippen LogP contribution in [-0.2, 0) is 9.84 Å². The van der Waals surface area contributed by atoms with Gasteiger partial charge >= 0.3 is 5.63 Å². The highest BCUT2D eigenvalue weighted by Gasteiger charge is 2.25. The number of phenols is 1. The number of nitrogens with two attached hydrogens (primary N) is 1. The van der Waals surface area contributed by atoms with Gasteiger partial charge in [-0.1, -0.05) is 24.3 Å². The molecule has 26 heavy (non-hydrogen) atoms. The van der Waals surface area contributed by atoms with Crippen LogP contribution in [0.5, 0.6) is 5.75 Å². The molecule has 0 spiro atoms. The fraction of sp³-hybridized carbons (Fsp3) is 0. The zero-order valence-corrected chi connectivity index (χ0v) is 14.2. The molecule has 3 N–H and O–H groups in total. The highest BCUT2D eigenvalue weighted by atomic mass is 32.2. The third kappa shape index (κ3) is 2.41. The first-order valence-corrected chi connectivity index (χ1v) is 9.15. The summed E-state index contributed by atoms with van der Waals surface area (Å²) in [6.45, 7) is 0. The van der Waals surface area contributed by atoms with E-state index in [9.17, 15) is 18.3 Å². The van der Waals surface area contributed by atoms with Crippen LogP contribution < -0.4 is 11.4 Å². The third-order valence-electron chi connectivity index (χ3n) is 4.18. The Morgan fingerprint density at radius 2 is 1.62 bits per heavy atom. The quantitative estimate of drug-likeness (QED) is 0.416. The summed E-state index contributed by atoms with van der Waals surface area (Å²) in [7, 11) is -4.14. The number of hydrogen-bond acceptors (Lipinski definition) is 6. The lowest BCUT2D eigenvalue weighted by Crippen LogP contribution is -2.14. The van der Waals surface area contributed by atoms with E-state index in [0.717, 1.165) is 0 Å². The van der Waals surface area contributed by atoms with Gasteiger partial charge in [-0.15, -0.1) is 0 Å². The predicted molar refractivity (Wildman–Crippen MR) is 98.0 cm³/mol. The molecule has 0 aliphatic heterocycles. The number of phenolic OH excluding ortho intramolecular Hbond substituents is 1. The van der Waals surface area contributed by atoms with E-state index in [1.165, 1.54) is 36.4 Å². The fourth-order valence-electron chi connectivity index (χ4n) is 2.92. The summed E-state index contributed by atoms with van der Waals surface area (Å²) in [5, 5.41) is 10.9. The molecule has 4 aromatic rings. The Balaban J connectivity index is 2.03. The standard InChI is InChI=1S/C19H13NO5S/c20-15-7-8-17(14-4-2-1-3-13(14)15)26(23,24)18-9-11-5-6-12(21)10-16(11)25-19(18)22/h1-10,21H,20H2. The van der Waals surface area contributed by atoms with Crippen LogP contribution >= 0.6 is 0 Å². The van der Waals surface area contributed by atoms with Crippen LogP contribution in [0.3, 0.4) is 0 Å². The molecular weight excluding hydrogens is 354 g/mol. The van der Waals surface area contributed by atoms with Gasteiger partial charge in [-0.3, -0.25) is 0 Å².